The van der Waals surface area contributed by atoms with Crippen molar-refractivity contribution in [1.29, 1.82) is 0 Å². The Hall–Kier alpha value is -0.770. The summed E-state index contributed by atoms with van der Waals surface area (Å²) < 4.78 is 0. The van der Waals surface area contributed by atoms with Crippen LogP contribution in [0.15, 0.2) is 18.2 Å². The second-order valence-electron chi connectivity index (χ2n) is 5.73. The fourth-order valence-corrected chi connectivity index (χ4v) is 3.13. The van der Waals surface area contributed by atoms with Crippen LogP contribution in [0, 0.1) is 11.8 Å². The fourth-order valence-electron chi connectivity index (χ4n) is 2.64. The van der Waals surface area contributed by atoms with Gasteiger partial charge in [0.05, 0.1) is 22.3 Å². The minimum absolute atomic E-state index is 0.0914. The summed E-state index contributed by atoms with van der Waals surface area (Å²) in [6.07, 6.45) is 5.19. The molecule has 3 nitrogen and oxygen atoms in total. The molecule has 1 amide bonds. The van der Waals surface area contributed by atoms with Crippen molar-refractivity contribution in [3.63, 3.8) is 0 Å². The SMILES string of the molecule is O=C(CNC(C1CC1)C1CC1)Nc1c(Cl)cccc1Cl. The molecule has 1 aromatic carbocycles. The number of hydrogen-bond donors (Lipinski definition) is 2. The van der Waals surface area contributed by atoms with Gasteiger partial charge in [-0.2, -0.15) is 0 Å². The summed E-state index contributed by atoms with van der Waals surface area (Å²) in [4.78, 5) is 12.0. The smallest absolute Gasteiger partial charge is 0.238 e. The number of carbonyl (C=O) groups excluding carboxylic acids is 1. The van der Waals surface area contributed by atoms with Crippen LogP contribution >= 0.6 is 23.2 Å². The van der Waals surface area contributed by atoms with E-state index in [1.807, 2.05) is 0 Å². The zero-order chi connectivity index (χ0) is 14.1. The zero-order valence-corrected chi connectivity index (χ0v) is 12.7. The predicted octanol–water partition coefficient (Wildman–Crippen LogP) is 3.71. The normalized spacial score (nSPS) is 18.4. The van der Waals surface area contributed by atoms with Gasteiger partial charge in [0.25, 0.3) is 0 Å². The second kappa shape index (κ2) is 5.92. The lowest BCUT2D eigenvalue weighted by Crippen LogP contribution is -2.38. The van der Waals surface area contributed by atoms with Crippen LogP contribution in [-0.4, -0.2) is 18.5 Å². The lowest BCUT2D eigenvalue weighted by atomic mass is 10.1. The molecule has 0 unspecified atom stereocenters. The molecule has 3 rings (SSSR count). The Balaban J connectivity index is 1.54. The number of benzene rings is 1. The summed E-state index contributed by atoms with van der Waals surface area (Å²) in [5, 5.41) is 7.12. The predicted molar refractivity (Wildman–Crippen MR) is 82.3 cm³/mol. The summed E-state index contributed by atoms with van der Waals surface area (Å²) in [7, 11) is 0. The molecule has 0 bridgehead atoms. The topological polar surface area (TPSA) is 41.1 Å². The van der Waals surface area contributed by atoms with Crippen LogP contribution in [0.25, 0.3) is 0 Å². The third kappa shape index (κ3) is 3.46. The highest BCUT2D eigenvalue weighted by Crippen LogP contribution is 2.44. The maximum atomic E-state index is 12.0. The van der Waals surface area contributed by atoms with Gasteiger partial charge < -0.3 is 10.6 Å². The molecule has 0 spiro atoms. The fraction of sp³-hybridized carbons (Fsp3) is 0.533. The number of para-hydroxylation sites is 1. The Labute approximate surface area is 129 Å². The molecule has 108 valence electrons. The number of anilines is 1. The van der Waals surface area contributed by atoms with Gasteiger partial charge in [0.2, 0.25) is 5.91 Å². The van der Waals surface area contributed by atoms with Crippen LogP contribution in [-0.2, 0) is 4.79 Å². The molecule has 20 heavy (non-hydrogen) atoms. The largest absolute Gasteiger partial charge is 0.322 e. The van der Waals surface area contributed by atoms with Crippen LogP contribution in [0.2, 0.25) is 10.0 Å². The first-order chi connectivity index (χ1) is 9.65. The van der Waals surface area contributed by atoms with E-state index in [0.717, 1.165) is 11.8 Å². The van der Waals surface area contributed by atoms with Crippen molar-refractivity contribution in [1.82, 2.24) is 5.32 Å². The molecular formula is C15H18Cl2N2O. The third-order valence-corrected chi connectivity index (χ3v) is 4.62. The molecule has 0 atom stereocenters. The van der Waals surface area contributed by atoms with Crippen molar-refractivity contribution >= 4 is 34.8 Å². The van der Waals surface area contributed by atoms with Gasteiger partial charge in [-0.25, -0.2) is 0 Å². The van der Waals surface area contributed by atoms with Crippen LogP contribution in [0.5, 0.6) is 0 Å². The average Bonchev–Trinajstić information content (AvgIpc) is 3.25. The van der Waals surface area contributed by atoms with Gasteiger partial charge >= 0.3 is 0 Å². The van der Waals surface area contributed by atoms with E-state index in [1.165, 1.54) is 25.7 Å². The van der Waals surface area contributed by atoms with E-state index in [-0.39, 0.29) is 5.91 Å². The Morgan fingerprint density at radius 2 is 1.70 bits per heavy atom. The molecule has 0 saturated heterocycles. The van der Waals surface area contributed by atoms with Crippen molar-refractivity contribution in [3.8, 4) is 0 Å². The van der Waals surface area contributed by atoms with Gasteiger partial charge in [0.1, 0.15) is 0 Å². The molecule has 2 aliphatic carbocycles. The lowest BCUT2D eigenvalue weighted by Gasteiger charge is -2.17. The molecule has 0 aromatic heterocycles. The first-order valence-electron chi connectivity index (χ1n) is 7.12. The highest BCUT2D eigenvalue weighted by Gasteiger charge is 2.41. The van der Waals surface area contributed by atoms with E-state index in [1.54, 1.807) is 18.2 Å². The molecular weight excluding hydrogens is 295 g/mol. The summed E-state index contributed by atoms with van der Waals surface area (Å²) in [6, 6.07) is 5.71. The van der Waals surface area contributed by atoms with Gasteiger partial charge in [0, 0.05) is 6.04 Å². The van der Waals surface area contributed by atoms with Gasteiger partial charge in [0.15, 0.2) is 0 Å². The van der Waals surface area contributed by atoms with Crippen LogP contribution in [0.1, 0.15) is 25.7 Å². The van der Waals surface area contributed by atoms with Crippen molar-refractivity contribution in [2.24, 2.45) is 11.8 Å². The van der Waals surface area contributed by atoms with E-state index < -0.39 is 0 Å². The number of rotatable bonds is 6. The van der Waals surface area contributed by atoms with Crippen LogP contribution < -0.4 is 10.6 Å². The Morgan fingerprint density at radius 1 is 1.15 bits per heavy atom. The van der Waals surface area contributed by atoms with Crippen LogP contribution in [0.3, 0.4) is 0 Å². The van der Waals surface area contributed by atoms with Gasteiger partial charge in [-0.05, 0) is 49.7 Å². The van der Waals surface area contributed by atoms with E-state index >= 15 is 0 Å². The molecule has 2 N–H and O–H groups in total. The Kier molecular flexibility index (Phi) is 4.20. The van der Waals surface area contributed by atoms with E-state index in [2.05, 4.69) is 10.6 Å². The molecule has 0 radical (unpaired) electrons. The maximum Gasteiger partial charge on any atom is 0.238 e. The highest BCUT2D eigenvalue weighted by atomic mass is 35.5. The number of carbonyl (C=O) groups is 1. The molecule has 2 fully saturated rings. The maximum absolute atomic E-state index is 12.0. The molecule has 2 saturated carbocycles. The molecule has 0 heterocycles. The number of hydrogen-bond acceptors (Lipinski definition) is 2. The summed E-state index contributed by atoms with van der Waals surface area (Å²) in [5.74, 6) is 1.46. The van der Waals surface area contributed by atoms with Gasteiger partial charge in [-0.15, -0.1) is 0 Å². The summed E-state index contributed by atoms with van der Waals surface area (Å²) in [6.45, 7) is 0.319. The highest BCUT2D eigenvalue weighted by molar-refractivity contribution is 6.39. The standard InChI is InChI=1S/C15H18Cl2N2O/c16-11-2-1-3-12(17)15(11)19-13(20)8-18-14(9-4-5-9)10-6-7-10/h1-3,9-10,14,18H,4-8H2,(H,19,20). The minimum Gasteiger partial charge on any atom is -0.322 e. The molecule has 1 aromatic rings. The average molecular weight is 313 g/mol. The molecule has 0 aliphatic heterocycles. The quantitative estimate of drug-likeness (QED) is 0.840. The first-order valence-corrected chi connectivity index (χ1v) is 7.88. The van der Waals surface area contributed by atoms with Gasteiger partial charge in [-0.3, -0.25) is 4.79 Å². The lowest BCUT2D eigenvalue weighted by molar-refractivity contribution is -0.115. The van der Waals surface area contributed by atoms with E-state index in [9.17, 15) is 4.79 Å². The number of halogens is 2. The zero-order valence-electron chi connectivity index (χ0n) is 11.2. The van der Waals surface area contributed by atoms with Gasteiger partial charge in [-0.1, -0.05) is 29.3 Å². The third-order valence-electron chi connectivity index (χ3n) is 3.99. The number of amides is 1. The second-order valence-corrected chi connectivity index (χ2v) is 6.54. The Morgan fingerprint density at radius 3 is 2.20 bits per heavy atom. The van der Waals surface area contributed by atoms with Crippen molar-refractivity contribution in [2.75, 3.05) is 11.9 Å². The minimum atomic E-state index is -0.0914. The monoisotopic (exact) mass is 312 g/mol. The van der Waals surface area contributed by atoms with Crippen molar-refractivity contribution in [3.05, 3.63) is 28.2 Å². The van der Waals surface area contributed by atoms with Crippen molar-refractivity contribution in [2.45, 2.75) is 31.7 Å². The first kappa shape index (κ1) is 14.2. The van der Waals surface area contributed by atoms with E-state index in [0.29, 0.717) is 28.3 Å². The molecule has 5 heteroatoms. The summed E-state index contributed by atoms with van der Waals surface area (Å²) >= 11 is 12.1. The van der Waals surface area contributed by atoms with E-state index in [4.69, 9.17) is 23.2 Å². The van der Waals surface area contributed by atoms with Crippen LogP contribution in [0.4, 0.5) is 5.69 Å². The Bertz CT molecular complexity index is 480. The molecule has 2 aliphatic rings. The number of nitrogens with one attached hydrogen (secondary N) is 2. The van der Waals surface area contributed by atoms with Crippen molar-refractivity contribution < 1.29 is 4.79 Å². The summed E-state index contributed by atoms with van der Waals surface area (Å²) in [5.41, 5.74) is 0.497.